The molecule has 6 aromatic rings. The predicted molar refractivity (Wildman–Crippen MR) is 164 cm³/mol. The molecule has 4 aromatic heterocycles. The number of pyridine rings is 1. The first-order valence-corrected chi connectivity index (χ1v) is 13.9. The Hall–Kier alpha value is -5.21. The number of carbonyl (C=O) groups excluding carboxylic acids is 1. The van der Waals surface area contributed by atoms with Crippen LogP contribution in [-0.4, -0.2) is 34.9 Å². The Kier molecular flexibility index (Phi) is 6.84. The number of nitrogens with zero attached hydrogens (tertiary/aromatic N) is 6. The monoisotopic (exact) mass is 620 g/mol. The lowest BCUT2D eigenvalue weighted by Gasteiger charge is -2.23. The summed E-state index contributed by atoms with van der Waals surface area (Å²) >= 11 is 3.78. The van der Waals surface area contributed by atoms with Crippen molar-refractivity contribution in [1.29, 1.82) is 0 Å². The summed E-state index contributed by atoms with van der Waals surface area (Å²) in [4.78, 5) is 32.2. The summed E-state index contributed by atoms with van der Waals surface area (Å²) in [5.41, 5.74) is 9.84. The van der Waals surface area contributed by atoms with E-state index in [1.165, 1.54) is 4.52 Å². The molecule has 0 aliphatic rings. The molecule has 0 unspecified atom stereocenters. The van der Waals surface area contributed by atoms with E-state index >= 15 is 0 Å². The van der Waals surface area contributed by atoms with Crippen LogP contribution in [0.15, 0.2) is 82.5 Å². The van der Waals surface area contributed by atoms with Gasteiger partial charge in [0, 0.05) is 40.6 Å². The van der Waals surface area contributed by atoms with E-state index in [9.17, 15) is 9.59 Å². The third-order valence-corrected chi connectivity index (χ3v) is 8.01. The fourth-order valence-corrected chi connectivity index (χ4v) is 5.81. The van der Waals surface area contributed by atoms with Gasteiger partial charge in [-0.2, -0.15) is 5.10 Å². The van der Waals surface area contributed by atoms with Crippen molar-refractivity contribution >= 4 is 44.1 Å². The molecule has 1 amide bonds. The number of nitrogens with one attached hydrogen (secondary N) is 1. The SMILES string of the molecule is Cc1c(C#Cc2cccc3c(Br)c([C@@H](C)NC(=O)c4c(N)nn5cccnc45)n(-c4ccccc4)c(=O)c23)cnn1C. The second kappa shape index (κ2) is 10.6. The highest BCUT2D eigenvalue weighted by Gasteiger charge is 2.26. The van der Waals surface area contributed by atoms with E-state index in [2.05, 4.69) is 48.3 Å². The molecule has 42 heavy (non-hydrogen) atoms. The predicted octanol–water partition coefficient (Wildman–Crippen LogP) is 4.31. The Labute approximate surface area is 248 Å². The number of aromatic nitrogens is 6. The molecule has 0 aliphatic heterocycles. The molecule has 0 radical (unpaired) electrons. The average Bonchev–Trinajstić information content (AvgIpc) is 3.50. The Morgan fingerprint density at radius 3 is 2.57 bits per heavy atom. The summed E-state index contributed by atoms with van der Waals surface area (Å²) < 4.78 is 5.47. The Morgan fingerprint density at radius 1 is 1.07 bits per heavy atom. The maximum atomic E-state index is 14.4. The van der Waals surface area contributed by atoms with Gasteiger partial charge in [0.2, 0.25) is 0 Å². The van der Waals surface area contributed by atoms with E-state index in [1.807, 2.05) is 69.4 Å². The highest BCUT2D eigenvalue weighted by atomic mass is 79.9. The van der Waals surface area contributed by atoms with Crippen molar-refractivity contribution in [3.8, 4) is 17.5 Å². The number of amides is 1. The molecule has 0 fully saturated rings. The van der Waals surface area contributed by atoms with Crippen LogP contribution < -0.4 is 16.6 Å². The van der Waals surface area contributed by atoms with E-state index in [-0.39, 0.29) is 16.9 Å². The van der Waals surface area contributed by atoms with Crippen molar-refractivity contribution in [3.63, 3.8) is 0 Å². The number of benzene rings is 2. The minimum atomic E-state index is -0.630. The quantitative estimate of drug-likeness (QED) is 0.283. The summed E-state index contributed by atoms with van der Waals surface area (Å²) in [6.45, 7) is 3.75. The van der Waals surface area contributed by atoms with Crippen LogP contribution in [0.2, 0.25) is 0 Å². The number of fused-ring (bicyclic) bond motifs is 2. The van der Waals surface area contributed by atoms with Crippen molar-refractivity contribution in [3.05, 3.63) is 116 Å². The molecule has 4 heterocycles. The molecule has 11 heteroatoms. The van der Waals surface area contributed by atoms with Crippen LogP contribution in [-0.2, 0) is 7.05 Å². The highest BCUT2D eigenvalue weighted by Crippen LogP contribution is 2.33. The Bertz CT molecular complexity index is 2130. The standard InChI is InChI=1S/C31H25BrN8O2/c1-18(36-30(41)25-28(33)37-39-16-8-15-34-29(25)39)27-26(32)23-12-7-9-20(13-14-21-17-35-38(3)19(21)2)24(23)31(42)40(27)22-10-5-4-6-11-22/h4-12,15-18H,1-3H3,(H2,33,37)(H,36,41)/t18-/m1/s1. The van der Waals surface area contributed by atoms with Crippen LogP contribution in [0.25, 0.3) is 22.1 Å². The lowest BCUT2D eigenvalue weighted by atomic mass is 10.0. The number of anilines is 1. The summed E-state index contributed by atoms with van der Waals surface area (Å²) in [7, 11) is 1.86. The number of para-hydroxylation sites is 1. The third-order valence-electron chi connectivity index (χ3n) is 7.17. The first kappa shape index (κ1) is 27.0. The highest BCUT2D eigenvalue weighted by molar-refractivity contribution is 9.10. The average molecular weight is 621 g/mol. The fraction of sp³-hybridized carbons (Fsp3) is 0.129. The van der Waals surface area contributed by atoms with Gasteiger partial charge in [-0.05, 0) is 54.0 Å². The number of carbonyl (C=O) groups is 1. The molecule has 208 valence electrons. The van der Waals surface area contributed by atoms with Gasteiger partial charge in [0.05, 0.1) is 34.6 Å². The number of hydrogen-bond acceptors (Lipinski definition) is 6. The number of rotatable bonds is 4. The van der Waals surface area contributed by atoms with Crippen LogP contribution in [0.5, 0.6) is 0 Å². The smallest absolute Gasteiger partial charge is 0.264 e. The van der Waals surface area contributed by atoms with Gasteiger partial charge in [-0.1, -0.05) is 42.2 Å². The van der Waals surface area contributed by atoms with Crippen molar-refractivity contribution in [1.82, 2.24) is 34.3 Å². The largest absolute Gasteiger partial charge is 0.381 e. The number of hydrogen-bond donors (Lipinski definition) is 2. The Morgan fingerprint density at radius 2 is 1.83 bits per heavy atom. The van der Waals surface area contributed by atoms with Crippen molar-refractivity contribution in [2.24, 2.45) is 7.05 Å². The topological polar surface area (TPSA) is 125 Å². The van der Waals surface area contributed by atoms with E-state index < -0.39 is 11.9 Å². The number of halogens is 1. The van der Waals surface area contributed by atoms with Gasteiger partial charge in [0.15, 0.2) is 11.5 Å². The van der Waals surface area contributed by atoms with E-state index in [0.29, 0.717) is 37.8 Å². The minimum absolute atomic E-state index is 0.0588. The zero-order valence-corrected chi connectivity index (χ0v) is 24.5. The molecular formula is C31H25BrN8O2. The number of aryl methyl sites for hydroxylation is 1. The molecule has 2 aromatic carbocycles. The molecule has 1 atom stereocenters. The van der Waals surface area contributed by atoms with Crippen molar-refractivity contribution < 1.29 is 4.79 Å². The maximum absolute atomic E-state index is 14.4. The summed E-state index contributed by atoms with van der Waals surface area (Å²) in [6, 6.07) is 15.9. The van der Waals surface area contributed by atoms with Gasteiger partial charge in [0.25, 0.3) is 11.5 Å². The van der Waals surface area contributed by atoms with Gasteiger partial charge in [-0.15, -0.1) is 5.10 Å². The zero-order chi connectivity index (χ0) is 29.5. The summed E-state index contributed by atoms with van der Waals surface area (Å²) in [6.07, 6.45) is 4.95. The van der Waals surface area contributed by atoms with E-state index in [0.717, 1.165) is 11.3 Å². The molecule has 0 bridgehead atoms. The number of nitrogens with two attached hydrogens (primary N) is 1. The summed E-state index contributed by atoms with van der Waals surface area (Å²) in [5.74, 6) is 5.96. The second-order valence-electron chi connectivity index (χ2n) is 9.76. The van der Waals surface area contributed by atoms with Crippen LogP contribution >= 0.6 is 15.9 Å². The molecular weight excluding hydrogens is 596 g/mol. The van der Waals surface area contributed by atoms with Gasteiger partial charge < -0.3 is 11.1 Å². The van der Waals surface area contributed by atoms with Gasteiger partial charge in [-0.3, -0.25) is 18.8 Å². The molecule has 6 rings (SSSR count). The van der Waals surface area contributed by atoms with Crippen LogP contribution in [0.3, 0.4) is 0 Å². The van der Waals surface area contributed by atoms with E-state index in [1.54, 1.807) is 33.9 Å². The second-order valence-corrected chi connectivity index (χ2v) is 10.6. The lowest BCUT2D eigenvalue weighted by molar-refractivity contribution is 0.0941. The molecule has 0 saturated heterocycles. The minimum Gasteiger partial charge on any atom is -0.381 e. The first-order chi connectivity index (χ1) is 20.3. The van der Waals surface area contributed by atoms with Gasteiger partial charge >= 0.3 is 0 Å². The maximum Gasteiger partial charge on any atom is 0.264 e. The third kappa shape index (κ3) is 4.52. The molecule has 0 aliphatic carbocycles. The van der Waals surface area contributed by atoms with Gasteiger partial charge in [0.1, 0.15) is 5.56 Å². The van der Waals surface area contributed by atoms with Crippen molar-refractivity contribution in [2.75, 3.05) is 5.73 Å². The lowest BCUT2D eigenvalue weighted by Crippen LogP contribution is -2.33. The summed E-state index contributed by atoms with van der Waals surface area (Å²) in [5, 5.41) is 12.6. The molecule has 0 spiro atoms. The first-order valence-electron chi connectivity index (χ1n) is 13.1. The van der Waals surface area contributed by atoms with E-state index in [4.69, 9.17) is 5.73 Å². The molecule has 10 nitrogen and oxygen atoms in total. The molecule has 3 N–H and O–H groups in total. The van der Waals surface area contributed by atoms with Crippen LogP contribution in [0.4, 0.5) is 5.82 Å². The zero-order valence-electron chi connectivity index (χ0n) is 23.0. The molecule has 0 saturated carbocycles. The normalized spacial score (nSPS) is 11.8. The fourth-order valence-electron chi connectivity index (χ4n) is 4.96. The van der Waals surface area contributed by atoms with Crippen LogP contribution in [0, 0.1) is 18.8 Å². The number of nitrogen functional groups attached to an aromatic ring is 1. The van der Waals surface area contributed by atoms with Crippen molar-refractivity contribution in [2.45, 2.75) is 19.9 Å². The van der Waals surface area contributed by atoms with Gasteiger partial charge in [-0.25, -0.2) is 9.50 Å². The van der Waals surface area contributed by atoms with Crippen LogP contribution in [0.1, 0.15) is 45.8 Å². The Balaban J connectivity index is 1.52.